The Morgan fingerprint density at radius 2 is 1.59 bits per heavy atom. The van der Waals surface area contributed by atoms with Crippen molar-refractivity contribution in [1.29, 1.82) is 0 Å². The fourth-order valence-corrected chi connectivity index (χ4v) is 3.09. The molecule has 7 nitrogen and oxygen atoms in total. The Hall–Kier alpha value is -4.13. The molecule has 2 aromatic carbocycles. The second-order valence-electron chi connectivity index (χ2n) is 6.41. The molecule has 0 aliphatic carbocycles. The number of pyridine rings is 1. The van der Waals surface area contributed by atoms with Gasteiger partial charge in [-0.15, -0.1) is 10.2 Å². The van der Waals surface area contributed by atoms with Crippen LogP contribution in [0, 0.1) is 0 Å². The molecule has 0 aliphatic heterocycles. The molecule has 0 spiro atoms. The maximum Gasteiger partial charge on any atom is 0.279 e. The van der Waals surface area contributed by atoms with Crippen molar-refractivity contribution in [2.24, 2.45) is 0 Å². The number of anilines is 1. The predicted octanol–water partition coefficient (Wildman–Crippen LogP) is 4.35. The zero-order chi connectivity index (χ0) is 19.5. The highest BCUT2D eigenvalue weighted by molar-refractivity contribution is 5.98. The van der Waals surface area contributed by atoms with Crippen LogP contribution in [0.15, 0.2) is 83.5 Å². The number of rotatable bonds is 5. The van der Waals surface area contributed by atoms with Crippen molar-refractivity contribution in [1.82, 2.24) is 25.3 Å². The first-order valence-electron chi connectivity index (χ1n) is 9.17. The highest BCUT2D eigenvalue weighted by Gasteiger charge is 2.17. The van der Waals surface area contributed by atoms with Gasteiger partial charge in [-0.3, -0.25) is 4.98 Å². The van der Waals surface area contributed by atoms with Gasteiger partial charge in [-0.2, -0.15) is 4.98 Å². The number of fused-ring (bicyclic) bond motifs is 1. The summed E-state index contributed by atoms with van der Waals surface area (Å²) in [6.07, 6.45) is 1.77. The van der Waals surface area contributed by atoms with Crippen LogP contribution in [0.25, 0.3) is 33.7 Å². The van der Waals surface area contributed by atoms with Crippen molar-refractivity contribution in [2.45, 2.75) is 6.54 Å². The Kier molecular flexibility index (Phi) is 4.38. The first kappa shape index (κ1) is 17.0. The van der Waals surface area contributed by atoms with E-state index in [1.807, 2.05) is 72.8 Å². The van der Waals surface area contributed by atoms with Crippen LogP contribution in [-0.4, -0.2) is 25.3 Å². The topological polar surface area (TPSA) is 89.6 Å². The Balaban J connectivity index is 1.51. The van der Waals surface area contributed by atoms with Crippen molar-refractivity contribution in [3.8, 4) is 23.0 Å². The lowest BCUT2D eigenvalue weighted by Gasteiger charge is -2.09. The highest BCUT2D eigenvalue weighted by atomic mass is 16.5. The first-order chi connectivity index (χ1) is 14.4. The second-order valence-corrected chi connectivity index (χ2v) is 6.41. The number of hydrogen-bond acceptors (Lipinski definition) is 7. The zero-order valence-corrected chi connectivity index (χ0v) is 15.4. The third kappa shape index (κ3) is 3.41. The van der Waals surface area contributed by atoms with Crippen LogP contribution in [-0.2, 0) is 6.54 Å². The average molecular weight is 380 g/mol. The van der Waals surface area contributed by atoms with E-state index in [-0.39, 0.29) is 0 Å². The van der Waals surface area contributed by atoms with E-state index in [4.69, 9.17) is 4.52 Å². The normalized spacial score (nSPS) is 10.9. The third-order valence-corrected chi connectivity index (χ3v) is 4.51. The van der Waals surface area contributed by atoms with Gasteiger partial charge in [0.1, 0.15) is 0 Å². The molecule has 0 bridgehead atoms. The molecule has 0 atom stereocenters. The van der Waals surface area contributed by atoms with Crippen molar-refractivity contribution < 1.29 is 4.52 Å². The molecule has 0 saturated carbocycles. The standard InChI is InChI=1S/C22H16N6O/c1-2-8-15(9-3-1)20-25-22(29-28-20)19-17-11-4-5-12-18(17)21(27-26-19)24-14-16-10-6-7-13-23-16/h1-13H,14H2,(H,24,27). The van der Waals surface area contributed by atoms with Crippen molar-refractivity contribution in [2.75, 3.05) is 5.32 Å². The quantitative estimate of drug-likeness (QED) is 0.485. The lowest BCUT2D eigenvalue weighted by atomic mass is 10.1. The van der Waals surface area contributed by atoms with Crippen LogP contribution in [0.2, 0.25) is 0 Å². The van der Waals surface area contributed by atoms with E-state index in [9.17, 15) is 0 Å². The maximum atomic E-state index is 5.49. The van der Waals surface area contributed by atoms with Crippen molar-refractivity contribution in [3.05, 3.63) is 84.7 Å². The summed E-state index contributed by atoms with van der Waals surface area (Å²) < 4.78 is 5.49. The van der Waals surface area contributed by atoms with Gasteiger partial charge < -0.3 is 9.84 Å². The summed E-state index contributed by atoms with van der Waals surface area (Å²) >= 11 is 0. The molecule has 5 aromatic rings. The van der Waals surface area contributed by atoms with Crippen LogP contribution >= 0.6 is 0 Å². The molecule has 1 N–H and O–H groups in total. The van der Waals surface area contributed by atoms with Crippen molar-refractivity contribution >= 4 is 16.6 Å². The van der Waals surface area contributed by atoms with E-state index in [1.54, 1.807) is 6.20 Å². The average Bonchev–Trinajstić information content (AvgIpc) is 3.29. The molecule has 3 aromatic heterocycles. The van der Waals surface area contributed by atoms with Gasteiger partial charge in [0.15, 0.2) is 11.5 Å². The van der Waals surface area contributed by atoms with E-state index in [1.165, 1.54) is 0 Å². The summed E-state index contributed by atoms with van der Waals surface area (Å²) in [6.45, 7) is 0.553. The third-order valence-electron chi connectivity index (χ3n) is 4.51. The summed E-state index contributed by atoms with van der Waals surface area (Å²) in [5.41, 5.74) is 2.36. The lowest BCUT2D eigenvalue weighted by Crippen LogP contribution is -2.05. The molecule has 0 fully saturated rings. The van der Waals surface area contributed by atoms with Gasteiger partial charge >= 0.3 is 0 Å². The van der Waals surface area contributed by atoms with Gasteiger partial charge in [0, 0.05) is 22.5 Å². The number of hydrogen-bond donors (Lipinski definition) is 1. The van der Waals surface area contributed by atoms with E-state index < -0.39 is 0 Å². The minimum atomic E-state index is 0.337. The molecular weight excluding hydrogens is 364 g/mol. The van der Waals surface area contributed by atoms with Gasteiger partial charge in [-0.1, -0.05) is 65.8 Å². The van der Waals surface area contributed by atoms with Gasteiger partial charge in [-0.25, -0.2) is 0 Å². The zero-order valence-electron chi connectivity index (χ0n) is 15.4. The fraction of sp³-hybridized carbons (Fsp3) is 0.0455. The number of aromatic nitrogens is 5. The Morgan fingerprint density at radius 1 is 0.793 bits per heavy atom. The first-order valence-corrected chi connectivity index (χ1v) is 9.17. The molecule has 140 valence electrons. The van der Waals surface area contributed by atoms with E-state index in [2.05, 4.69) is 30.6 Å². The Labute approximate surface area is 166 Å². The molecular formula is C22H16N6O. The highest BCUT2D eigenvalue weighted by Crippen LogP contribution is 2.30. The maximum absolute atomic E-state index is 5.49. The molecule has 29 heavy (non-hydrogen) atoms. The van der Waals surface area contributed by atoms with E-state index >= 15 is 0 Å². The van der Waals surface area contributed by atoms with Gasteiger partial charge in [0.2, 0.25) is 5.82 Å². The van der Waals surface area contributed by atoms with E-state index in [0.717, 1.165) is 22.0 Å². The summed E-state index contributed by atoms with van der Waals surface area (Å²) in [4.78, 5) is 8.84. The summed E-state index contributed by atoms with van der Waals surface area (Å²) in [5.74, 6) is 1.53. The second kappa shape index (κ2) is 7.47. The van der Waals surface area contributed by atoms with Crippen LogP contribution in [0.1, 0.15) is 5.69 Å². The number of benzene rings is 2. The molecule has 0 unspecified atom stereocenters. The summed E-state index contributed by atoms with van der Waals surface area (Å²) in [6, 6.07) is 23.4. The van der Waals surface area contributed by atoms with Gasteiger partial charge in [0.25, 0.3) is 5.89 Å². The Bertz CT molecular complexity index is 1250. The monoisotopic (exact) mass is 380 g/mol. The minimum Gasteiger partial charge on any atom is -0.362 e. The molecule has 3 heterocycles. The van der Waals surface area contributed by atoms with Crippen molar-refractivity contribution in [3.63, 3.8) is 0 Å². The summed E-state index contributed by atoms with van der Waals surface area (Å²) in [7, 11) is 0. The summed E-state index contributed by atoms with van der Waals surface area (Å²) in [5, 5.41) is 17.9. The molecule has 7 heteroatoms. The molecule has 5 rings (SSSR count). The van der Waals surface area contributed by atoms with Gasteiger partial charge in [-0.05, 0) is 12.1 Å². The number of nitrogens with zero attached hydrogens (tertiary/aromatic N) is 5. The minimum absolute atomic E-state index is 0.337. The van der Waals surface area contributed by atoms with Crippen LogP contribution in [0.5, 0.6) is 0 Å². The SMILES string of the molecule is c1ccc(-c2noc(-c3nnc(NCc4ccccn4)c4ccccc34)n2)cc1. The predicted molar refractivity (Wildman–Crippen MR) is 110 cm³/mol. The lowest BCUT2D eigenvalue weighted by molar-refractivity contribution is 0.431. The van der Waals surface area contributed by atoms with Gasteiger partial charge in [0.05, 0.1) is 12.2 Å². The smallest absolute Gasteiger partial charge is 0.279 e. The fourth-order valence-electron chi connectivity index (χ4n) is 3.09. The molecule has 0 radical (unpaired) electrons. The largest absolute Gasteiger partial charge is 0.362 e. The molecule has 0 aliphatic rings. The van der Waals surface area contributed by atoms with E-state index in [0.29, 0.717) is 29.8 Å². The molecule has 0 saturated heterocycles. The van der Waals surface area contributed by atoms with Crippen LogP contribution in [0.4, 0.5) is 5.82 Å². The Morgan fingerprint density at radius 3 is 2.41 bits per heavy atom. The number of nitrogens with one attached hydrogen (secondary N) is 1. The van der Waals surface area contributed by atoms with Crippen LogP contribution < -0.4 is 5.32 Å². The molecule has 0 amide bonds. The van der Waals surface area contributed by atoms with Crippen LogP contribution in [0.3, 0.4) is 0 Å².